The Bertz CT molecular complexity index is 1360. The second kappa shape index (κ2) is 8.39. The smallest absolute Gasteiger partial charge is 0.328 e. The number of nitrogens with zero attached hydrogens (tertiary/aromatic N) is 1. The van der Waals surface area contributed by atoms with Gasteiger partial charge in [0.25, 0.3) is 11.5 Å². The van der Waals surface area contributed by atoms with Crippen LogP contribution in [-0.4, -0.2) is 15.5 Å². The van der Waals surface area contributed by atoms with Gasteiger partial charge in [0.2, 0.25) is 0 Å². The Morgan fingerprint density at radius 1 is 1.00 bits per heavy atom. The molecule has 2 N–H and O–H groups in total. The molecule has 1 unspecified atom stereocenters. The molecule has 3 aromatic carbocycles. The normalized spacial score (nSPS) is 11.9. The highest BCUT2D eigenvalue weighted by molar-refractivity contribution is 5.98. The average Bonchev–Trinajstić information content (AvgIpc) is 2.78. The molecule has 1 aromatic heterocycles. The zero-order valence-electron chi connectivity index (χ0n) is 16.8. The number of fused-ring (bicyclic) bond motifs is 1. The predicted octanol–water partition coefficient (Wildman–Crippen LogP) is 3.37. The average molecular weight is 417 g/mol. The number of nitrogens with one attached hydrogen (secondary N) is 2. The molecule has 0 aliphatic heterocycles. The van der Waals surface area contributed by atoms with Crippen molar-refractivity contribution in [3.8, 4) is 0 Å². The monoisotopic (exact) mass is 417 g/mol. The van der Waals surface area contributed by atoms with Gasteiger partial charge in [0.1, 0.15) is 5.82 Å². The number of H-pyrrole nitrogens is 1. The van der Waals surface area contributed by atoms with Crippen molar-refractivity contribution in [2.24, 2.45) is 0 Å². The molecule has 0 spiro atoms. The fourth-order valence-electron chi connectivity index (χ4n) is 3.56. The molecular formula is C24H20FN3O3. The minimum atomic E-state index is -0.522. The third-order valence-electron chi connectivity index (χ3n) is 5.17. The van der Waals surface area contributed by atoms with Gasteiger partial charge in [-0.1, -0.05) is 42.5 Å². The lowest BCUT2D eigenvalue weighted by Crippen LogP contribution is -2.34. The summed E-state index contributed by atoms with van der Waals surface area (Å²) in [6, 6.07) is 19.3. The Labute approximate surface area is 177 Å². The van der Waals surface area contributed by atoms with Crippen LogP contribution in [0, 0.1) is 5.82 Å². The van der Waals surface area contributed by atoms with Gasteiger partial charge < -0.3 is 10.3 Å². The molecule has 1 atom stereocenters. The van der Waals surface area contributed by atoms with Gasteiger partial charge in [-0.05, 0) is 48.4 Å². The van der Waals surface area contributed by atoms with Crippen molar-refractivity contribution < 1.29 is 9.18 Å². The number of hydrogen-bond donors (Lipinski definition) is 2. The van der Waals surface area contributed by atoms with Crippen molar-refractivity contribution in [3.63, 3.8) is 0 Å². The molecule has 4 rings (SSSR count). The summed E-state index contributed by atoms with van der Waals surface area (Å²) in [6.45, 7) is 1.96. The Kier molecular flexibility index (Phi) is 5.49. The lowest BCUT2D eigenvalue weighted by atomic mass is 9.98. The van der Waals surface area contributed by atoms with Gasteiger partial charge in [0.05, 0.1) is 16.9 Å². The van der Waals surface area contributed by atoms with Gasteiger partial charge >= 0.3 is 5.69 Å². The van der Waals surface area contributed by atoms with Crippen molar-refractivity contribution >= 4 is 16.8 Å². The first-order chi connectivity index (χ1) is 15.0. The minimum Gasteiger partial charge on any atom is -0.341 e. The molecular weight excluding hydrogens is 397 g/mol. The highest BCUT2D eigenvalue weighted by Gasteiger charge is 2.19. The summed E-state index contributed by atoms with van der Waals surface area (Å²) in [5, 5.41) is 3.29. The van der Waals surface area contributed by atoms with Crippen LogP contribution < -0.4 is 16.6 Å². The van der Waals surface area contributed by atoms with Gasteiger partial charge in [0, 0.05) is 12.1 Å². The summed E-state index contributed by atoms with van der Waals surface area (Å²) in [5.74, 6) is -0.751. The van der Waals surface area contributed by atoms with Crippen molar-refractivity contribution in [1.29, 1.82) is 0 Å². The lowest BCUT2D eigenvalue weighted by molar-refractivity contribution is 0.0943. The quantitative estimate of drug-likeness (QED) is 0.522. The van der Waals surface area contributed by atoms with Crippen molar-refractivity contribution in [1.82, 2.24) is 14.9 Å². The van der Waals surface area contributed by atoms with E-state index in [1.165, 1.54) is 24.3 Å². The Hall–Kier alpha value is -4.00. The number of hydrogen-bond acceptors (Lipinski definition) is 3. The number of rotatable bonds is 5. The minimum absolute atomic E-state index is 0.253. The van der Waals surface area contributed by atoms with Crippen LogP contribution in [0.5, 0.6) is 0 Å². The first-order valence-corrected chi connectivity index (χ1v) is 9.86. The van der Waals surface area contributed by atoms with E-state index in [4.69, 9.17) is 0 Å². The second-order valence-corrected chi connectivity index (χ2v) is 7.11. The zero-order chi connectivity index (χ0) is 22.0. The predicted molar refractivity (Wildman–Crippen MR) is 117 cm³/mol. The molecule has 4 aromatic rings. The van der Waals surface area contributed by atoms with Crippen LogP contribution in [0.1, 0.15) is 34.5 Å². The maximum Gasteiger partial charge on any atom is 0.328 e. The van der Waals surface area contributed by atoms with Crippen molar-refractivity contribution in [2.75, 3.05) is 0 Å². The maximum atomic E-state index is 13.4. The van der Waals surface area contributed by atoms with Crippen LogP contribution in [0.25, 0.3) is 10.9 Å². The summed E-state index contributed by atoms with van der Waals surface area (Å²) in [4.78, 5) is 40.3. The maximum absolute atomic E-state index is 13.4. The SMILES string of the molecule is CCn1c(=O)[nH]c2cc(C(=O)NC(c3ccccc3)c3ccc(F)cc3)ccc2c1=O. The fourth-order valence-corrected chi connectivity index (χ4v) is 3.56. The van der Waals surface area contributed by atoms with Crippen LogP contribution >= 0.6 is 0 Å². The van der Waals surface area contributed by atoms with Gasteiger partial charge in [-0.15, -0.1) is 0 Å². The summed E-state index contributed by atoms with van der Waals surface area (Å²) in [5.41, 5.74) is 1.22. The zero-order valence-corrected chi connectivity index (χ0v) is 16.8. The highest BCUT2D eigenvalue weighted by atomic mass is 19.1. The van der Waals surface area contributed by atoms with E-state index in [0.717, 1.165) is 15.7 Å². The molecule has 1 amide bonds. The van der Waals surface area contributed by atoms with E-state index < -0.39 is 17.3 Å². The topological polar surface area (TPSA) is 84.0 Å². The number of halogens is 1. The summed E-state index contributed by atoms with van der Waals surface area (Å²) >= 11 is 0. The molecule has 31 heavy (non-hydrogen) atoms. The first-order valence-electron chi connectivity index (χ1n) is 9.86. The third kappa shape index (κ3) is 4.02. The Morgan fingerprint density at radius 3 is 2.35 bits per heavy atom. The van der Waals surface area contributed by atoms with Gasteiger partial charge in [-0.2, -0.15) is 0 Å². The van der Waals surface area contributed by atoms with E-state index in [-0.39, 0.29) is 18.3 Å². The summed E-state index contributed by atoms with van der Waals surface area (Å²) in [6.07, 6.45) is 0. The molecule has 0 saturated carbocycles. The molecule has 7 heteroatoms. The van der Waals surface area contributed by atoms with E-state index in [2.05, 4.69) is 10.3 Å². The Balaban J connectivity index is 1.72. The molecule has 1 heterocycles. The van der Waals surface area contributed by atoms with E-state index in [1.54, 1.807) is 25.1 Å². The Morgan fingerprint density at radius 2 is 1.68 bits per heavy atom. The molecule has 0 bridgehead atoms. The fraction of sp³-hybridized carbons (Fsp3) is 0.125. The number of aromatic amines is 1. The van der Waals surface area contributed by atoms with Crippen LogP contribution in [0.3, 0.4) is 0 Å². The summed E-state index contributed by atoms with van der Waals surface area (Å²) in [7, 11) is 0. The van der Waals surface area contributed by atoms with Crippen molar-refractivity contribution in [2.45, 2.75) is 19.5 Å². The van der Waals surface area contributed by atoms with Gasteiger partial charge in [-0.25, -0.2) is 9.18 Å². The van der Waals surface area contributed by atoms with E-state index in [9.17, 15) is 18.8 Å². The van der Waals surface area contributed by atoms with Crippen LogP contribution in [-0.2, 0) is 6.54 Å². The molecule has 0 saturated heterocycles. The van der Waals surface area contributed by atoms with Gasteiger partial charge in [0.15, 0.2) is 0 Å². The van der Waals surface area contributed by atoms with Crippen LogP contribution in [0.15, 0.2) is 82.4 Å². The van der Waals surface area contributed by atoms with Crippen molar-refractivity contribution in [3.05, 3.63) is 116 Å². The highest BCUT2D eigenvalue weighted by Crippen LogP contribution is 2.23. The largest absolute Gasteiger partial charge is 0.341 e. The van der Waals surface area contributed by atoms with E-state index in [0.29, 0.717) is 16.5 Å². The molecule has 0 aliphatic carbocycles. The third-order valence-corrected chi connectivity index (χ3v) is 5.17. The standard InChI is InChI=1S/C24H20FN3O3/c1-2-28-23(30)19-13-10-17(14-20(19)26-24(28)31)22(29)27-21(15-6-4-3-5-7-15)16-8-11-18(25)12-9-16/h3-14,21H,2H2,1H3,(H,26,31)(H,27,29). The van der Waals surface area contributed by atoms with E-state index in [1.807, 2.05) is 30.3 Å². The van der Waals surface area contributed by atoms with Gasteiger partial charge in [-0.3, -0.25) is 14.2 Å². The molecule has 6 nitrogen and oxygen atoms in total. The first kappa shape index (κ1) is 20.3. The number of carbonyl (C=O) groups is 1. The molecule has 0 fully saturated rings. The second-order valence-electron chi connectivity index (χ2n) is 7.11. The van der Waals surface area contributed by atoms with E-state index >= 15 is 0 Å². The summed E-state index contributed by atoms with van der Waals surface area (Å²) < 4.78 is 14.5. The lowest BCUT2D eigenvalue weighted by Gasteiger charge is -2.20. The van der Waals surface area contributed by atoms with Crippen LogP contribution in [0.2, 0.25) is 0 Å². The number of aromatic nitrogens is 2. The molecule has 0 aliphatic rings. The molecule has 156 valence electrons. The number of amides is 1. The van der Waals surface area contributed by atoms with Crippen LogP contribution in [0.4, 0.5) is 4.39 Å². The molecule has 0 radical (unpaired) electrons. The number of benzene rings is 3. The number of carbonyl (C=O) groups excluding carboxylic acids is 1.